The van der Waals surface area contributed by atoms with Crippen LogP contribution in [0.15, 0.2) is 99.6 Å². The molecule has 0 aromatic heterocycles. The fourth-order valence-electron chi connectivity index (χ4n) is 4.24. The number of rotatable bonds is 4. The van der Waals surface area contributed by atoms with Crippen LogP contribution in [0.1, 0.15) is 43.6 Å². The summed E-state index contributed by atoms with van der Waals surface area (Å²) in [4.78, 5) is 4.31. The standard InChI is InChI=1S/C25H28S/c1-26(23-13-7-3-8-14-23,24-15-9-4-10-16-24)25-19-17-22(18-20-25)21-11-5-2-6-12-21/h3-4,7-10,13-21H,2,5-6,11-12H2,1H3. The highest BCUT2D eigenvalue weighted by atomic mass is 32.3. The van der Waals surface area contributed by atoms with Crippen molar-refractivity contribution in [3.63, 3.8) is 0 Å². The van der Waals surface area contributed by atoms with Crippen molar-refractivity contribution >= 4 is 10.0 Å². The molecule has 1 fully saturated rings. The largest absolute Gasteiger partial charge is 0.163 e. The second-order valence-corrected chi connectivity index (χ2v) is 10.7. The maximum absolute atomic E-state index is 2.44. The van der Waals surface area contributed by atoms with Gasteiger partial charge in [-0.05, 0) is 81.7 Å². The summed E-state index contributed by atoms with van der Waals surface area (Å²) in [5.41, 5.74) is 1.54. The van der Waals surface area contributed by atoms with Gasteiger partial charge in [-0.2, -0.15) is 10.0 Å². The Kier molecular flexibility index (Phi) is 5.17. The van der Waals surface area contributed by atoms with E-state index in [1.807, 2.05) is 0 Å². The third kappa shape index (κ3) is 3.33. The molecule has 0 N–H and O–H groups in total. The zero-order chi connectivity index (χ0) is 17.8. The summed E-state index contributed by atoms with van der Waals surface area (Å²) < 4.78 is 0. The van der Waals surface area contributed by atoms with Gasteiger partial charge in [0.2, 0.25) is 0 Å². The van der Waals surface area contributed by atoms with Crippen LogP contribution in [-0.2, 0) is 0 Å². The number of hydrogen-bond donors (Lipinski definition) is 0. The quantitative estimate of drug-likeness (QED) is 0.448. The van der Waals surface area contributed by atoms with Gasteiger partial charge >= 0.3 is 0 Å². The molecule has 3 aromatic rings. The Hall–Kier alpha value is -1.99. The Morgan fingerprint density at radius 1 is 0.577 bits per heavy atom. The van der Waals surface area contributed by atoms with Crippen LogP contribution in [0.4, 0.5) is 0 Å². The van der Waals surface area contributed by atoms with E-state index in [1.165, 1.54) is 52.4 Å². The SMILES string of the molecule is CS(c1ccccc1)(c1ccccc1)c1ccc(C2CCCCC2)cc1. The van der Waals surface area contributed by atoms with E-state index in [-0.39, 0.29) is 0 Å². The molecule has 1 aliphatic rings. The minimum atomic E-state index is -1.22. The van der Waals surface area contributed by atoms with Gasteiger partial charge < -0.3 is 0 Å². The van der Waals surface area contributed by atoms with Gasteiger partial charge in [0.05, 0.1) is 0 Å². The first-order valence-electron chi connectivity index (χ1n) is 9.77. The van der Waals surface area contributed by atoms with Gasteiger partial charge in [0.1, 0.15) is 0 Å². The fourth-order valence-corrected chi connectivity index (χ4v) is 7.14. The number of hydrogen-bond acceptors (Lipinski definition) is 0. The van der Waals surface area contributed by atoms with Gasteiger partial charge in [-0.25, -0.2) is 0 Å². The van der Waals surface area contributed by atoms with Crippen molar-refractivity contribution in [1.82, 2.24) is 0 Å². The summed E-state index contributed by atoms with van der Waals surface area (Å²) in [6.07, 6.45) is 9.36. The Morgan fingerprint density at radius 2 is 1.04 bits per heavy atom. The van der Waals surface area contributed by atoms with Crippen molar-refractivity contribution in [1.29, 1.82) is 0 Å². The average molecular weight is 361 g/mol. The highest BCUT2D eigenvalue weighted by molar-refractivity contribution is 8.33. The third-order valence-electron chi connectivity index (χ3n) is 5.86. The highest BCUT2D eigenvalue weighted by Crippen LogP contribution is 2.65. The molecule has 0 amide bonds. The molecule has 4 rings (SSSR count). The molecule has 134 valence electrons. The van der Waals surface area contributed by atoms with Gasteiger partial charge in [0.15, 0.2) is 0 Å². The van der Waals surface area contributed by atoms with E-state index in [2.05, 4.69) is 91.2 Å². The summed E-state index contributed by atoms with van der Waals surface area (Å²) in [5.74, 6) is 0.771. The van der Waals surface area contributed by atoms with Crippen LogP contribution >= 0.6 is 10.0 Å². The van der Waals surface area contributed by atoms with Crippen molar-refractivity contribution in [3.8, 4) is 0 Å². The van der Waals surface area contributed by atoms with Crippen molar-refractivity contribution in [2.75, 3.05) is 6.26 Å². The molecule has 0 nitrogen and oxygen atoms in total. The highest BCUT2D eigenvalue weighted by Gasteiger charge is 2.26. The molecule has 0 aliphatic heterocycles. The van der Waals surface area contributed by atoms with Gasteiger partial charge in [-0.3, -0.25) is 0 Å². The summed E-state index contributed by atoms with van der Waals surface area (Å²) in [6, 6.07) is 31.7. The summed E-state index contributed by atoms with van der Waals surface area (Å²) >= 11 is 0. The van der Waals surface area contributed by atoms with Crippen LogP contribution in [0.3, 0.4) is 0 Å². The molecule has 1 saturated carbocycles. The Balaban J connectivity index is 1.75. The lowest BCUT2D eigenvalue weighted by Gasteiger charge is -2.38. The predicted molar refractivity (Wildman–Crippen MR) is 113 cm³/mol. The van der Waals surface area contributed by atoms with Crippen LogP contribution in [0.5, 0.6) is 0 Å². The lowest BCUT2D eigenvalue weighted by molar-refractivity contribution is 0.443. The molecular formula is C25H28S. The van der Waals surface area contributed by atoms with Crippen LogP contribution in [-0.4, -0.2) is 6.26 Å². The Bertz CT molecular complexity index is 776. The van der Waals surface area contributed by atoms with E-state index in [0.717, 1.165) is 5.92 Å². The second kappa shape index (κ2) is 7.72. The van der Waals surface area contributed by atoms with Crippen molar-refractivity contribution in [2.24, 2.45) is 0 Å². The molecule has 0 radical (unpaired) electrons. The topological polar surface area (TPSA) is 0 Å². The van der Waals surface area contributed by atoms with E-state index < -0.39 is 10.0 Å². The third-order valence-corrected chi connectivity index (χ3v) is 9.50. The Morgan fingerprint density at radius 3 is 1.54 bits per heavy atom. The zero-order valence-corrected chi connectivity index (χ0v) is 16.4. The first-order chi connectivity index (χ1) is 12.8. The second-order valence-electron chi connectivity index (χ2n) is 7.45. The normalized spacial score (nSPS) is 16.3. The lowest BCUT2D eigenvalue weighted by Crippen LogP contribution is -2.05. The molecule has 0 unspecified atom stereocenters. The molecule has 0 spiro atoms. The molecule has 3 aromatic carbocycles. The van der Waals surface area contributed by atoms with Crippen LogP contribution in [0.25, 0.3) is 0 Å². The monoisotopic (exact) mass is 360 g/mol. The molecule has 1 aliphatic carbocycles. The molecular weight excluding hydrogens is 332 g/mol. The maximum Gasteiger partial charge on any atom is -0.00210 e. The van der Waals surface area contributed by atoms with Gasteiger partial charge in [0.25, 0.3) is 0 Å². The van der Waals surface area contributed by atoms with E-state index in [4.69, 9.17) is 0 Å². The van der Waals surface area contributed by atoms with E-state index in [9.17, 15) is 0 Å². The van der Waals surface area contributed by atoms with E-state index in [1.54, 1.807) is 0 Å². The van der Waals surface area contributed by atoms with Gasteiger partial charge in [-0.1, -0.05) is 67.8 Å². The lowest BCUT2D eigenvalue weighted by atomic mass is 9.84. The maximum atomic E-state index is 2.44. The summed E-state index contributed by atoms with van der Waals surface area (Å²) in [5, 5.41) is 0. The van der Waals surface area contributed by atoms with Crippen LogP contribution in [0.2, 0.25) is 0 Å². The minimum absolute atomic E-state index is 0.771. The molecule has 1 heteroatoms. The van der Waals surface area contributed by atoms with Gasteiger partial charge in [0, 0.05) is 0 Å². The summed E-state index contributed by atoms with van der Waals surface area (Å²) in [6.45, 7) is 0. The van der Waals surface area contributed by atoms with Gasteiger partial charge in [-0.15, -0.1) is 0 Å². The number of benzene rings is 3. The van der Waals surface area contributed by atoms with E-state index in [0.29, 0.717) is 0 Å². The zero-order valence-electron chi connectivity index (χ0n) is 15.6. The fraction of sp³-hybridized carbons (Fsp3) is 0.280. The van der Waals surface area contributed by atoms with E-state index >= 15 is 0 Å². The molecule has 0 saturated heterocycles. The van der Waals surface area contributed by atoms with Crippen molar-refractivity contribution in [3.05, 3.63) is 90.5 Å². The molecule has 0 heterocycles. The summed E-state index contributed by atoms with van der Waals surface area (Å²) in [7, 11) is -1.22. The molecule has 0 bridgehead atoms. The smallest absolute Gasteiger partial charge is 0.00210 e. The predicted octanol–water partition coefficient (Wildman–Crippen LogP) is 7.65. The first-order valence-corrected chi connectivity index (χ1v) is 11.8. The average Bonchev–Trinajstić information content (AvgIpc) is 2.75. The Labute approximate surface area is 159 Å². The first kappa shape index (κ1) is 17.4. The minimum Gasteiger partial charge on any atom is -0.163 e. The van der Waals surface area contributed by atoms with Crippen molar-refractivity contribution in [2.45, 2.75) is 52.7 Å². The van der Waals surface area contributed by atoms with Crippen LogP contribution in [0, 0.1) is 0 Å². The van der Waals surface area contributed by atoms with Crippen molar-refractivity contribution < 1.29 is 0 Å². The molecule has 26 heavy (non-hydrogen) atoms. The molecule has 0 atom stereocenters. The van der Waals surface area contributed by atoms with Crippen LogP contribution < -0.4 is 0 Å².